The average molecular weight is 408 g/mol. The van der Waals surface area contributed by atoms with E-state index in [-0.39, 0.29) is 18.4 Å². The minimum Gasteiger partial charge on any atom is -0.394 e. The standard InChI is InChI=1S/C24H28N2O4/c1-16-5-4-12-26(16)24-18(9-8-17-6-2-3-7-20(17)24)13-19(14-25)21(28)10-11-22(29)23(30)15-27/h2-3,6-9,13,16,22-23,27,29-30H,4-5,10-12,15H2,1H3/b19-13+. The predicted octanol–water partition coefficient (Wildman–Crippen LogP) is 2.80. The van der Waals surface area contributed by atoms with Crippen molar-refractivity contribution in [1.29, 1.82) is 5.26 Å². The summed E-state index contributed by atoms with van der Waals surface area (Å²) in [7, 11) is 0. The number of carbonyl (C=O) groups is 1. The summed E-state index contributed by atoms with van der Waals surface area (Å²) in [4.78, 5) is 14.9. The van der Waals surface area contributed by atoms with Crippen molar-refractivity contribution in [3.8, 4) is 6.07 Å². The molecule has 0 aromatic heterocycles. The van der Waals surface area contributed by atoms with Crippen LogP contribution < -0.4 is 4.90 Å². The zero-order valence-corrected chi connectivity index (χ0v) is 17.2. The molecule has 6 nitrogen and oxygen atoms in total. The summed E-state index contributed by atoms with van der Waals surface area (Å²) < 4.78 is 0. The van der Waals surface area contributed by atoms with Gasteiger partial charge in [0.05, 0.1) is 24.0 Å². The van der Waals surface area contributed by atoms with Crippen LogP contribution in [0.4, 0.5) is 5.69 Å². The molecule has 1 fully saturated rings. The number of hydrogen-bond donors (Lipinski definition) is 3. The van der Waals surface area contributed by atoms with Crippen LogP contribution in [0.1, 0.15) is 38.2 Å². The van der Waals surface area contributed by atoms with Gasteiger partial charge in [0.25, 0.3) is 0 Å². The first-order valence-corrected chi connectivity index (χ1v) is 10.4. The molecule has 1 aliphatic heterocycles. The molecule has 2 aromatic rings. The van der Waals surface area contributed by atoms with E-state index in [9.17, 15) is 20.3 Å². The van der Waals surface area contributed by atoms with Crippen molar-refractivity contribution in [2.24, 2.45) is 0 Å². The molecule has 1 saturated heterocycles. The summed E-state index contributed by atoms with van der Waals surface area (Å²) in [5.74, 6) is -0.393. The molecule has 2 aromatic carbocycles. The van der Waals surface area contributed by atoms with E-state index in [0.717, 1.165) is 41.4 Å². The van der Waals surface area contributed by atoms with Crippen molar-refractivity contribution in [3.05, 3.63) is 47.5 Å². The summed E-state index contributed by atoms with van der Waals surface area (Å²) in [6, 6.07) is 14.4. The number of fused-ring (bicyclic) bond motifs is 1. The van der Waals surface area contributed by atoms with E-state index in [1.807, 2.05) is 30.3 Å². The SMILES string of the molecule is CC1CCCN1c1c(/C=C(\C#N)C(=O)CCC(O)C(O)CO)ccc2ccccc12. The number of aliphatic hydroxyl groups excluding tert-OH is 3. The van der Waals surface area contributed by atoms with Crippen LogP contribution in [0.25, 0.3) is 16.8 Å². The van der Waals surface area contributed by atoms with Gasteiger partial charge in [-0.1, -0.05) is 36.4 Å². The first-order chi connectivity index (χ1) is 14.5. The Morgan fingerprint density at radius 1 is 1.27 bits per heavy atom. The van der Waals surface area contributed by atoms with E-state index in [0.29, 0.717) is 6.04 Å². The highest BCUT2D eigenvalue weighted by atomic mass is 16.4. The molecular formula is C24H28N2O4. The van der Waals surface area contributed by atoms with Crippen LogP contribution >= 0.6 is 0 Å². The Morgan fingerprint density at radius 3 is 2.70 bits per heavy atom. The van der Waals surface area contributed by atoms with Crippen LogP contribution in [-0.4, -0.2) is 52.5 Å². The number of carbonyl (C=O) groups excluding carboxylic acids is 1. The molecule has 158 valence electrons. The van der Waals surface area contributed by atoms with Crippen LogP contribution in [0.3, 0.4) is 0 Å². The first-order valence-electron chi connectivity index (χ1n) is 10.4. The molecule has 3 atom stereocenters. The molecule has 30 heavy (non-hydrogen) atoms. The number of nitriles is 1. The summed E-state index contributed by atoms with van der Waals surface area (Å²) in [5, 5.41) is 39.9. The second-order valence-electron chi connectivity index (χ2n) is 7.86. The van der Waals surface area contributed by atoms with E-state index >= 15 is 0 Å². The van der Waals surface area contributed by atoms with E-state index in [1.165, 1.54) is 0 Å². The number of nitrogens with zero attached hydrogens (tertiary/aromatic N) is 2. The Balaban J connectivity index is 1.95. The summed E-state index contributed by atoms with van der Waals surface area (Å²) in [6.45, 7) is 2.54. The largest absolute Gasteiger partial charge is 0.394 e. The number of benzene rings is 2. The minimum atomic E-state index is -1.30. The van der Waals surface area contributed by atoms with Gasteiger partial charge < -0.3 is 20.2 Å². The number of hydrogen-bond acceptors (Lipinski definition) is 6. The number of Topliss-reactive ketones (excluding diaryl/α,β-unsaturated/α-hetero) is 1. The third kappa shape index (κ3) is 4.71. The monoisotopic (exact) mass is 408 g/mol. The molecule has 3 N–H and O–H groups in total. The topological polar surface area (TPSA) is 105 Å². The second-order valence-corrected chi connectivity index (χ2v) is 7.86. The van der Waals surface area contributed by atoms with Crippen molar-refractivity contribution in [2.75, 3.05) is 18.1 Å². The lowest BCUT2D eigenvalue weighted by atomic mass is 9.97. The summed E-state index contributed by atoms with van der Waals surface area (Å²) in [5.41, 5.74) is 1.88. The zero-order valence-electron chi connectivity index (χ0n) is 17.2. The van der Waals surface area contributed by atoms with Gasteiger partial charge in [-0.25, -0.2) is 0 Å². The van der Waals surface area contributed by atoms with E-state index in [2.05, 4.69) is 24.0 Å². The van der Waals surface area contributed by atoms with Crippen molar-refractivity contribution >= 4 is 28.3 Å². The molecule has 0 amide bonds. The fourth-order valence-electron chi connectivity index (χ4n) is 4.03. The molecule has 6 heteroatoms. The predicted molar refractivity (Wildman–Crippen MR) is 117 cm³/mol. The van der Waals surface area contributed by atoms with Crippen LogP contribution in [-0.2, 0) is 4.79 Å². The van der Waals surface area contributed by atoms with Gasteiger partial charge in [-0.3, -0.25) is 4.79 Å². The smallest absolute Gasteiger partial charge is 0.173 e. The van der Waals surface area contributed by atoms with Gasteiger partial charge in [-0.05, 0) is 43.2 Å². The number of anilines is 1. The van der Waals surface area contributed by atoms with Crippen molar-refractivity contribution in [3.63, 3.8) is 0 Å². The molecule has 0 saturated carbocycles. The fraction of sp³-hybridized carbons (Fsp3) is 0.417. The first kappa shape index (κ1) is 22.0. The molecule has 1 aliphatic rings. The summed E-state index contributed by atoms with van der Waals surface area (Å²) in [6.07, 6.45) is 1.22. The molecule has 0 spiro atoms. The lowest BCUT2D eigenvalue weighted by molar-refractivity contribution is -0.116. The highest BCUT2D eigenvalue weighted by Crippen LogP contribution is 2.36. The van der Waals surface area contributed by atoms with Gasteiger partial charge in [-0.15, -0.1) is 0 Å². The number of allylic oxidation sites excluding steroid dienone is 1. The van der Waals surface area contributed by atoms with Crippen LogP contribution in [0.5, 0.6) is 0 Å². The van der Waals surface area contributed by atoms with Gasteiger partial charge in [0.2, 0.25) is 0 Å². The normalized spacial score (nSPS) is 19.0. The minimum absolute atomic E-state index is 0.0177. The molecule has 3 rings (SSSR count). The van der Waals surface area contributed by atoms with Gasteiger partial charge in [0, 0.05) is 24.4 Å². The van der Waals surface area contributed by atoms with Gasteiger partial charge in [-0.2, -0.15) is 5.26 Å². The second kappa shape index (κ2) is 9.86. The van der Waals surface area contributed by atoms with Gasteiger partial charge in [0.1, 0.15) is 12.2 Å². The highest BCUT2D eigenvalue weighted by Gasteiger charge is 2.25. The van der Waals surface area contributed by atoms with Crippen molar-refractivity contribution in [1.82, 2.24) is 0 Å². The Morgan fingerprint density at radius 2 is 2.03 bits per heavy atom. The average Bonchev–Trinajstić information content (AvgIpc) is 3.19. The third-order valence-corrected chi connectivity index (χ3v) is 5.79. The lowest BCUT2D eigenvalue weighted by Gasteiger charge is -2.27. The molecule has 0 aliphatic carbocycles. The van der Waals surface area contributed by atoms with E-state index in [4.69, 9.17) is 5.11 Å². The molecular weight excluding hydrogens is 380 g/mol. The molecule has 3 unspecified atom stereocenters. The van der Waals surface area contributed by atoms with E-state index in [1.54, 1.807) is 6.08 Å². The van der Waals surface area contributed by atoms with Crippen LogP contribution in [0.15, 0.2) is 42.0 Å². The third-order valence-electron chi connectivity index (χ3n) is 5.79. The Bertz CT molecular complexity index is 979. The summed E-state index contributed by atoms with van der Waals surface area (Å²) >= 11 is 0. The van der Waals surface area contributed by atoms with E-state index < -0.39 is 24.6 Å². The fourth-order valence-corrected chi connectivity index (χ4v) is 4.03. The zero-order chi connectivity index (χ0) is 21.7. The maximum Gasteiger partial charge on any atom is 0.173 e. The molecule has 0 radical (unpaired) electrons. The maximum atomic E-state index is 12.6. The van der Waals surface area contributed by atoms with Crippen molar-refractivity contribution in [2.45, 2.75) is 50.9 Å². The number of aliphatic hydroxyl groups is 3. The Kier molecular flexibility index (Phi) is 7.22. The highest BCUT2D eigenvalue weighted by molar-refractivity contribution is 6.06. The van der Waals surface area contributed by atoms with Crippen LogP contribution in [0.2, 0.25) is 0 Å². The van der Waals surface area contributed by atoms with Gasteiger partial charge >= 0.3 is 0 Å². The van der Waals surface area contributed by atoms with Gasteiger partial charge in [0.15, 0.2) is 5.78 Å². The lowest BCUT2D eigenvalue weighted by Crippen LogP contribution is -2.29. The number of ketones is 1. The Labute approximate surface area is 176 Å². The Hall–Kier alpha value is -2.72. The van der Waals surface area contributed by atoms with Crippen molar-refractivity contribution < 1.29 is 20.1 Å². The van der Waals surface area contributed by atoms with Crippen LogP contribution in [0, 0.1) is 11.3 Å². The number of rotatable bonds is 8. The molecule has 0 bridgehead atoms. The maximum absolute atomic E-state index is 12.6. The quantitative estimate of drug-likeness (QED) is 0.458. The molecule has 1 heterocycles.